The van der Waals surface area contributed by atoms with Gasteiger partial charge in [0.15, 0.2) is 0 Å². The third-order valence-electron chi connectivity index (χ3n) is 2.86. The summed E-state index contributed by atoms with van der Waals surface area (Å²) in [5.74, 6) is -2.95. The molecule has 1 atom stereocenters. The fourth-order valence-corrected chi connectivity index (χ4v) is 2.37. The summed E-state index contributed by atoms with van der Waals surface area (Å²) in [5, 5.41) is 2.60. The first kappa shape index (κ1) is 14.2. The van der Waals surface area contributed by atoms with Gasteiger partial charge in [-0.3, -0.25) is 4.79 Å². The summed E-state index contributed by atoms with van der Waals surface area (Å²) < 4.78 is 29.9. The Kier molecular flexibility index (Phi) is 4.38. The molecule has 7 heteroatoms. The van der Waals surface area contributed by atoms with Gasteiger partial charge in [-0.2, -0.15) is 8.78 Å². The SMILES string of the molecule is NC1(C(=O)Nc2ccccc2SC(F)F)CCOC1. The van der Waals surface area contributed by atoms with Gasteiger partial charge in [-0.1, -0.05) is 23.9 Å². The number of halogens is 2. The normalized spacial score (nSPS) is 22.7. The van der Waals surface area contributed by atoms with Gasteiger partial charge in [0.1, 0.15) is 5.54 Å². The van der Waals surface area contributed by atoms with E-state index in [1.54, 1.807) is 18.2 Å². The Morgan fingerprint density at radius 2 is 2.21 bits per heavy atom. The molecule has 1 heterocycles. The van der Waals surface area contributed by atoms with Gasteiger partial charge in [0.05, 0.1) is 12.3 Å². The number of hydrogen-bond donors (Lipinski definition) is 2. The van der Waals surface area contributed by atoms with Crippen molar-refractivity contribution >= 4 is 23.4 Å². The fraction of sp³-hybridized carbons (Fsp3) is 0.417. The minimum atomic E-state index is -2.54. The maximum Gasteiger partial charge on any atom is 0.288 e. The lowest BCUT2D eigenvalue weighted by Gasteiger charge is -2.21. The van der Waals surface area contributed by atoms with Crippen LogP contribution in [0.15, 0.2) is 29.2 Å². The van der Waals surface area contributed by atoms with Crippen LogP contribution in [0.4, 0.5) is 14.5 Å². The van der Waals surface area contributed by atoms with Crippen LogP contribution >= 0.6 is 11.8 Å². The summed E-state index contributed by atoms with van der Waals surface area (Å²) in [7, 11) is 0. The number of para-hydroxylation sites is 1. The number of carbonyl (C=O) groups excluding carboxylic acids is 1. The average molecular weight is 288 g/mol. The molecule has 0 aliphatic carbocycles. The van der Waals surface area contributed by atoms with E-state index in [2.05, 4.69) is 5.32 Å². The van der Waals surface area contributed by atoms with Crippen molar-refractivity contribution < 1.29 is 18.3 Å². The van der Waals surface area contributed by atoms with E-state index < -0.39 is 17.2 Å². The highest BCUT2D eigenvalue weighted by molar-refractivity contribution is 7.99. The molecule has 0 saturated carbocycles. The first-order valence-electron chi connectivity index (χ1n) is 5.73. The third kappa shape index (κ3) is 3.43. The molecule has 1 saturated heterocycles. The first-order valence-corrected chi connectivity index (χ1v) is 6.61. The molecule has 1 unspecified atom stereocenters. The van der Waals surface area contributed by atoms with Crippen molar-refractivity contribution in [2.24, 2.45) is 5.73 Å². The Bertz CT molecular complexity index is 465. The summed E-state index contributed by atoms with van der Waals surface area (Å²) in [5.41, 5.74) is 5.17. The lowest BCUT2D eigenvalue weighted by atomic mass is 9.99. The van der Waals surface area contributed by atoms with Gasteiger partial charge in [-0.15, -0.1) is 0 Å². The van der Waals surface area contributed by atoms with E-state index >= 15 is 0 Å². The number of nitrogens with one attached hydrogen (secondary N) is 1. The molecule has 0 bridgehead atoms. The fourth-order valence-electron chi connectivity index (χ4n) is 1.78. The van der Waals surface area contributed by atoms with Gasteiger partial charge in [0.2, 0.25) is 5.91 Å². The third-order valence-corrected chi connectivity index (χ3v) is 3.64. The number of amides is 1. The highest BCUT2D eigenvalue weighted by Gasteiger charge is 2.38. The molecule has 1 aliphatic heterocycles. The summed E-state index contributed by atoms with van der Waals surface area (Å²) in [6.45, 7) is 0.570. The second-order valence-corrected chi connectivity index (χ2v) is 5.32. The zero-order valence-electron chi connectivity index (χ0n) is 10.1. The molecule has 104 valence electrons. The molecule has 4 nitrogen and oxygen atoms in total. The minimum absolute atomic E-state index is 0.142. The molecule has 3 N–H and O–H groups in total. The van der Waals surface area contributed by atoms with Gasteiger partial charge in [-0.25, -0.2) is 0 Å². The average Bonchev–Trinajstić information content (AvgIpc) is 2.79. The van der Waals surface area contributed by atoms with Crippen molar-refractivity contribution in [3.8, 4) is 0 Å². The second-order valence-electron chi connectivity index (χ2n) is 4.29. The Morgan fingerprint density at radius 1 is 1.47 bits per heavy atom. The predicted molar refractivity (Wildman–Crippen MR) is 69.3 cm³/mol. The molecule has 0 aromatic heterocycles. The maximum absolute atomic E-state index is 12.4. The maximum atomic E-state index is 12.4. The van der Waals surface area contributed by atoms with Crippen LogP contribution in [0.1, 0.15) is 6.42 Å². The number of alkyl halides is 2. The molecule has 0 spiro atoms. The van der Waals surface area contributed by atoms with Crippen LogP contribution in [0.2, 0.25) is 0 Å². The Labute approximate surface area is 113 Å². The number of hydrogen-bond acceptors (Lipinski definition) is 4. The highest BCUT2D eigenvalue weighted by Crippen LogP contribution is 2.32. The van der Waals surface area contributed by atoms with Crippen molar-refractivity contribution in [1.82, 2.24) is 0 Å². The smallest absolute Gasteiger partial charge is 0.288 e. The van der Waals surface area contributed by atoms with E-state index in [9.17, 15) is 13.6 Å². The van der Waals surface area contributed by atoms with Crippen LogP contribution in [0.25, 0.3) is 0 Å². The molecule has 0 radical (unpaired) electrons. The zero-order chi connectivity index (χ0) is 13.9. The number of anilines is 1. The lowest BCUT2D eigenvalue weighted by molar-refractivity contribution is -0.121. The zero-order valence-corrected chi connectivity index (χ0v) is 10.9. The van der Waals surface area contributed by atoms with E-state index in [0.717, 1.165) is 0 Å². The summed E-state index contributed by atoms with van der Waals surface area (Å²) >= 11 is 0.388. The van der Waals surface area contributed by atoms with Crippen LogP contribution in [0.5, 0.6) is 0 Å². The second kappa shape index (κ2) is 5.85. The molecule has 1 fully saturated rings. The topological polar surface area (TPSA) is 64.4 Å². The summed E-state index contributed by atoms with van der Waals surface area (Å²) in [4.78, 5) is 12.4. The van der Waals surface area contributed by atoms with Gasteiger partial charge in [0, 0.05) is 11.5 Å². The molecule has 19 heavy (non-hydrogen) atoms. The van der Waals surface area contributed by atoms with Gasteiger partial charge in [0.25, 0.3) is 5.76 Å². The van der Waals surface area contributed by atoms with Crippen molar-refractivity contribution in [2.45, 2.75) is 22.6 Å². The largest absolute Gasteiger partial charge is 0.379 e. The molecular formula is C12H14F2N2O2S. The van der Waals surface area contributed by atoms with Gasteiger partial charge >= 0.3 is 0 Å². The number of thioether (sulfide) groups is 1. The van der Waals surface area contributed by atoms with Crippen LogP contribution in [-0.4, -0.2) is 30.4 Å². The minimum Gasteiger partial charge on any atom is -0.379 e. The van der Waals surface area contributed by atoms with Crippen molar-refractivity contribution in [1.29, 1.82) is 0 Å². The van der Waals surface area contributed by atoms with E-state index in [1.165, 1.54) is 6.07 Å². The number of rotatable bonds is 4. The van der Waals surface area contributed by atoms with Crippen molar-refractivity contribution in [2.75, 3.05) is 18.5 Å². The van der Waals surface area contributed by atoms with Crippen LogP contribution < -0.4 is 11.1 Å². The number of nitrogens with two attached hydrogens (primary N) is 1. The first-order chi connectivity index (χ1) is 9.01. The van der Waals surface area contributed by atoms with Crippen molar-refractivity contribution in [3.63, 3.8) is 0 Å². The summed E-state index contributed by atoms with van der Waals surface area (Å²) in [6, 6.07) is 6.40. The van der Waals surface area contributed by atoms with Crippen molar-refractivity contribution in [3.05, 3.63) is 24.3 Å². The molecule has 2 rings (SSSR count). The number of carbonyl (C=O) groups is 1. The molecule has 1 aromatic rings. The lowest BCUT2D eigenvalue weighted by Crippen LogP contribution is -2.51. The molecule has 1 amide bonds. The Morgan fingerprint density at radius 3 is 2.84 bits per heavy atom. The highest BCUT2D eigenvalue weighted by atomic mass is 32.2. The standard InChI is InChI=1S/C12H14F2N2O2S/c13-11(14)19-9-4-2-1-3-8(9)16-10(17)12(15)5-6-18-7-12/h1-4,11H,5-7,15H2,(H,16,17). The van der Waals surface area contributed by atoms with E-state index in [0.29, 0.717) is 35.4 Å². The van der Waals surface area contributed by atoms with Gasteiger partial charge < -0.3 is 15.8 Å². The van der Waals surface area contributed by atoms with Crippen LogP contribution in [-0.2, 0) is 9.53 Å². The molecule has 1 aromatic carbocycles. The van der Waals surface area contributed by atoms with E-state index in [1.807, 2.05) is 0 Å². The molecule has 1 aliphatic rings. The monoisotopic (exact) mass is 288 g/mol. The number of benzene rings is 1. The quantitative estimate of drug-likeness (QED) is 0.832. The molecular weight excluding hydrogens is 274 g/mol. The Hall–Kier alpha value is -1.18. The number of ether oxygens (including phenoxy) is 1. The van der Waals surface area contributed by atoms with E-state index in [-0.39, 0.29) is 6.61 Å². The summed E-state index contributed by atoms with van der Waals surface area (Å²) in [6.07, 6.45) is 0.420. The Balaban J connectivity index is 2.12. The predicted octanol–water partition coefficient (Wildman–Crippen LogP) is 2.06. The van der Waals surface area contributed by atoms with Crippen LogP contribution in [0, 0.1) is 0 Å². The van der Waals surface area contributed by atoms with Crippen LogP contribution in [0.3, 0.4) is 0 Å². The van der Waals surface area contributed by atoms with Gasteiger partial charge in [-0.05, 0) is 18.6 Å². The van der Waals surface area contributed by atoms with E-state index in [4.69, 9.17) is 10.5 Å².